The molecular weight excluding hydrogens is 706 g/mol. The van der Waals surface area contributed by atoms with Gasteiger partial charge in [-0.05, 0) is 80.7 Å². The van der Waals surface area contributed by atoms with Crippen LogP contribution in [0.5, 0.6) is 5.75 Å². The van der Waals surface area contributed by atoms with Crippen LogP contribution in [0.3, 0.4) is 0 Å². The summed E-state index contributed by atoms with van der Waals surface area (Å²) in [6, 6.07) is 9.72. The molecule has 1 saturated heterocycles. The van der Waals surface area contributed by atoms with E-state index in [9.17, 15) is 35.9 Å². The Morgan fingerprint density at radius 2 is 1.40 bits per heavy atom. The zero-order chi connectivity index (χ0) is 38.3. The maximum atomic E-state index is 13.9. The van der Waals surface area contributed by atoms with Crippen molar-refractivity contribution < 1.29 is 50.1 Å². The minimum Gasteiger partial charge on any atom is -0.486 e. The lowest BCUT2D eigenvalue weighted by atomic mass is 9.87. The fourth-order valence-electron chi connectivity index (χ4n) is 7.26. The number of hydrogen-bond acceptors (Lipinski definition) is 8. The summed E-state index contributed by atoms with van der Waals surface area (Å²) in [4.78, 5) is 38.0. The monoisotopic (exact) mass is 750 g/mol. The van der Waals surface area contributed by atoms with Gasteiger partial charge in [0.2, 0.25) is 5.95 Å². The summed E-state index contributed by atoms with van der Waals surface area (Å²) < 4.78 is 99.8. The Kier molecular flexibility index (Phi) is 12.8. The summed E-state index contributed by atoms with van der Waals surface area (Å²) >= 11 is 0. The van der Waals surface area contributed by atoms with Gasteiger partial charge in [0.05, 0.1) is 36.5 Å². The fraction of sp³-hybridized carbons (Fsp3) is 0.526. The first-order valence-corrected chi connectivity index (χ1v) is 17.8. The maximum absolute atomic E-state index is 13.9. The van der Waals surface area contributed by atoms with Crippen molar-refractivity contribution in [1.82, 2.24) is 14.9 Å². The number of nitrogens with zero attached hydrogens (tertiary/aromatic N) is 4. The van der Waals surface area contributed by atoms with Crippen LogP contribution in [0, 0.1) is 5.92 Å². The lowest BCUT2D eigenvalue weighted by molar-refractivity contribution is -0.147. The number of carbonyl (C=O) groups is 2. The van der Waals surface area contributed by atoms with E-state index in [4.69, 9.17) is 14.2 Å². The number of esters is 1. The molecule has 1 aliphatic carbocycles. The highest BCUT2D eigenvalue weighted by atomic mass is 19.4. The third-order valence-electron chi connectivity index (χ3n) is 10.1. The average molecular weight is 751 g/mol. The van der Waals surface area contributed by atoms with Crippen molar-refractivity contribution in [1.29, 1.82) is 0 Å². The second kappa shape index (κ2) is 17.1. The fourth-order valence-corrected chi connectivity index (χ4v) is 7.26. The first-order chi connectivity index (χ1) is 25.2. The molecule has 1 saturated carbocycles. The van der Waals surface area contributed by atoms with Crippen molar-refractivity contribution in [3.05, 3.63) is 83.2 Å². The Morgan fingerprint density at radius 1 is 0.830 bits per heavy atom. The lowest BCUT2D eigenvalue weighted by Gasteiger charge is -2.47. The molecule has 3 aromatic rings. The van der Waals surface area contributed by atoms with Crippen molar-refractivity contribution in [2.45, 2.75) is 115 Å². The highest BCUT2D eigenvalue weighted by Crippen LogP contribution is 2.39. The molecule has 15 heteroatoms. The molecule has 0 bridgehead atoms. The van der Waals surface area contributed by atoms with Gasteiger partial charge in [-0.15, -0.1) is 0 Å². The Bertz CT molecular complexity index is 1620. The van der Waals surface area contributed by atoms with E-state index in [2.05, 4.69) is 9.97 Å². The van der Waals surface area contributed by atoms with Gasteiger partial charge in [0, 0.05) is 24.7 Å². The van der Waals surface area contributed by atoms with Crippen molar-refractivity contribution in [2.24, 2.45) is 5.92 Å². The number of alkyl halides is 6. The Balaban J connectivity index is 1.41. The van der Waals surface area contributed by atoms with Crippen molar-refractivity contribution >= 4 is 18.0 Å². The first-order valence-electron chi connectivity index (χ1n) is 17.8. The molecule has 0 N–H and O–H groups in total. The first kappa shape index (κ1) is 39.6. The summed E-state index contributed by atoms with van der Waals surface area (Å²) in [5, 5.41) is 0. The zero-order valence-electron chi connectivity index (χ0n) is 29.8. The molecule has 0 spiro atoms. The standard InChI is InChI=1S/C38H44F6N4O5/c1-4-29-18-31(19-30(5-2)48(29)36(50)53-32-13-11-26(12-14-32)34(49)51-3)47(22-25-15-27(37(39,40)41)17-28(16-25)38(42,43)44)35-45-20-33(21-46-35)52-23-24-9-7-6-8-10-24/h6-10,15-17,20-21,26,29-32H,4-5,11-14,18-19,22-23H2,1-3H3/t26-,29-,30+,31?,32-. The second-order valence-electron chi connectivity index (χ2n) is 13.6. The van der Waals surface area contributed by atoms with Gasteiger partial charge in [0.25, 0.3) is 0 Å². The summed E-state index contributed by atoms with van der Waals surface area (Å²) in [6.07, 6.45) is -4.24. The Labute approximate surface area is 304 Å². The van der Waals surface area contributed by atoms with Gasteiger partial charge in [-0.25, -0.2) is 14.8 Å². The van der Waals surface area contributed by atoms with Gasteiger partial charge in [0.1, 0.15) is 12.7 Å². The van der Waals surface area contributed by atoms with Crippen LogP contribution in [-0.2, 0) is 39.8 Å². The smallest absolute Gasteiger partial charge is 0.416 e. The summed E-state index contributed by atoms with van der Waals surface area (Å²) in [5.74, 6) is -0.0982. The van der Waals surface area contributed by atoms with Crippen molar-refractivity contribution in [2.75, 3.05) is 12.0 Å². The van der Waals surface area contributed by atoms with Crippen LogP contribution in [0.4, 0.5) is 37.1 Å². The highest BCUT2D eigenvalue weighted by Gasteiger charge is 2.42. The molecule has 1 amide bonds. The predicted molar refractivity (Wildman–Crippen MR) is 183 cm³/mol. The number of piperidine rings is 1. The highest BCUT2D eigenvalue weighted by molar-refractivity contribution is 5.72. The molecule has 53 heavy (non-hydrogen) atoms. The molecule has 288 valence electrons. The van der Waals surface area contributed by atoms with Crippen LogP contribution < -0.4 is 9.64 Å². The normalized spacial score (nSPS) is 22.2. The predicted octanol–water partition coefficient (Wildman–Crippen LogP) is 8.99. The summed E-state index contributed by atoms with van der Waals surface area (Å²) in [7, 11) is 1.34. The Hall–Kier alpha value is -4.56. The summed E-state index contributed by atoms with van der Waals surface area (Å²) in [5.41, 5.74) is -2.14. The van der Waals surface area contributed by atoms with Crippen LogP contribution in [0.15, 0.2) is 60.9 Å². The number of carbonyl (C=O) groups excluding carboxylic acids is 2. The second-order valence-corrected chi connectivity index (χ2v) is 13.6. The molecule has 2 heterocycles. The van der Waals surface area contributed by atoms with Crippen LogP contribution >= 0.6 is 0 Å². The zero-order valence-corrected chi connectivity index (χ0v) is 29.8. The van der Waals surface area contributed by atoms with Gasteiger partial charge >= 0.3 is 24.4 Å². The topological polar surface area (TPSA) is 94.1 Å². The van der Waals surface area contributed by atoms with E-state index in [0.717, 1.165) is 17.7 Å². The number of rotatable bonds is 11. The molecule has 5 rings (SSSR count). The van der Waals surface area contributed by atoms with Gasteiger partial charge in [-0.2, -0.15) is 26.3 Å². The molecule has 2 aliphatic rings. The van der Waals surface area contributed by atoms with E-state index in [0.29, 0.717) is 57.1 Å². The van der Waals surface area contributed by atoms with E-state index in [1.807, 2.05) is 44.2 Å². The average Bonchev–Trinajstić information content (AvgIpc) is 3.15. The SMILES string of the molecule is CC[C@@H]1CC(N(Cc2cc(C(F)(F)F)cc(C(F)(F)F)c2)c2ncc(OCc3ccccc3)cn2)C[C@H](CC)N1C(=O)O[C@H]1CC[C@H](C(=O)OC)CC1. The maximum Gasteiger partial charge on any atom is 0.416 e. The number of methoxy groups -OCH3 is 1. The number of benzene rings is 2. The molecule has 1 aliphatic heterocycles. The lowest BCUT2D eigenvalue weighted by Crippen LogP contribution is -2.57. The summed E-state index contributed by atoms with van der Waals surface area (Å²) in [6.45, 7) is 3.69. The van der Waals surface area contributed by atoms with Gasteiger partial charge in [0.15, 0.2) is 5.75 Å². The van der Waals surface area contributed by atoms with E-state index in [-0.39, 0.29) is 60.8 Å². The van der Waals surface area contributed by atoms with E-state index in [1.54, 1.807) is 9.80 Å². The third kappa shape index (κ3) is 10.1. The van der Waals surface area contributed by atoms with Crippen LogP contribution in [0.2, 0.25) is 0 Å². The number of aromatic nitrogens is 2. The molecule has 3 atom stereocenters. The minimum atomic E-state index is -5.01. The van der Waals surface area contributed by atoms with Gasteiger partial charge in [-0.3, -0.25) is 4.79 Å². The van der Waals surface area contributed by atoms with Crippen molar-refractivity contribution in [3.63, 3.8) is 0 Å². The van der Waals surface area contributed by atoms with Crippen LogP contribution in [0.1, 0.15) is 87.5 Å². The number of hydrogen-bond donors (Lipinski definition) is 0. The number of ether oxygens (including phenoxy) is 3. The number of likely N-dealkylation sites (tertiary alicyclic amines) is 1. The molecule has 2 fully saturated rings. The van der Waals surface area contributed by atoms with E-state index < -0.39 is 35.6 Å². The van der Waals surface area contributed by atoms with Crippen LogP contribution in [-0.4, -0.2) is 58.3 Å². The number of amides is 1. The van der Waals surface area contributed by atoms with Crippen molar-refractivity contribution in [3.8, 4) is 5.75 Å². The molecule has 1 unspecified atom stereocenters. The largest absolute Gasteiger partial charge is 0.486 e. The molecule has 1 aromatic heterocycles. The third-order valence-corrected chi connectivity index (χ3v) is 10.1. The number of halogens is 6. The molecule has 9 nitrogen and oxygen atoms in total. The van der Waals surface area contributed by atoms with E-state index >= 15 is 0 Å². The molecule has 2 aromatic carbocycles. The van der Waals surface area contributed by atoms with Gasteiger partial charge in [-0.1, -0.05) is 44.2 Å². The molecular formula is C38H44F6N4O5. The minimum absolute atomic E-state index is 0.0936. The van der Waals surface area contributed by atoms with Gasteiger partial charge < -0.3 is 24.0 Å². The molecule has 0 radical (unpaired) electrons. The quantitative estimate of drug-likeness (QED) is 0.142. The number of anilines is 1. The van der Waals surface area contributed by atoms with Crippen LogP contribution in [0.25, 0.3) is 0 Å². The Morgan fingerprint density at radius 3 is 1.91 bits per heavy atom. The van der Waals surface area contributed by atoms with E-state index in [1.165, 1.54) is 19.5 Å².